The number of Topliss-reactive ketones (excluding diaryl/α,β-unsaturated/α-hetero) is 1. The van der Waals surface area contributed by atoms with Gasteiger partial charge in [0.05, 0.1) is 0 Å². The minimum atomic E-state index is -2.03. The highest BCUT2D eigenvalue weighted by molar-refractivity contribution is 6.05. The smallest absolute Gasteiger partial charge is 0.342 e. The lowest BCUT2D eigenvalue weighted by atomic mass is 9.77. The van der Waals surface area contributed by atoms with Crippen LogP contribution in [0.2, 0.25) is 0 Å². The van der Waals surface area contributed by atoms with E-state index in [2.05, 4.69) is 0 Å². The van der Waals surface area contributed by atoms with Gasteiger partial charge in [0.15, 0.2) is 11.4 Å². The van der Waals surface area contributed by atoms with Gasteiger partial charge in [-0.15, -0.1) is 0 Å². The van der Waals surface area contributed by atoms with Crippen LogP contribution in [0.25, 0.3) is 0 Å². The topological polar surface area (TPSA) is 151 Å². The molecule has 2 aliphatic rings. The first kappa shape index (κ1) is 21.1. The fourth-order valence-electron chi connectivity index (χ4n) is 3.40. The van der Waals surface area contributed by atoms with Crippen molar-refractivity contribution in [3.05, 3.63) is 58.4 Å². The molecule has 0 aromatic heterocycles. The second kappa shape index (κ2) is 7.68. The Morgan fingerprint density at radius 1 is 1.30 bits per heavy atom. The van der Waals surface area contributed by atoms with Crippen LogP contribution in [0.1, 0.15) is 29.3 Å². The summed E-state index contributed by atoms with van der Waals surface area (Å²) in [6.45, 7) is 2.56. The molecule has 0 amide bonds. The molecule has 0 saturated heterocycles. The van der Waals surface area contributed by atoms with Crippen molar-refractivity contribution in [3.63, 3.8) is 0 Å². The molecule has 0 radical (unpaired) electrons. The number of ether oxygens (including phenoxy) is 2. The maximum Gasteiger partial charge on any atom is 0.342 e. The summed E-state index contributed by atoms with van der Waals surface area (Å²) in [6.07, 6.45) is 2.28. The second-order valence-corrected chi connectivity index (χ2v) is 7.24. The first-order valence-electron chi connectivity index (χ1n) is 8.99. The van der Waals surface area contributed by atoms with Crippen molar-refractivity contribution in [1.82, 2.24) is 0 Å². The number of hydrogen-bond donors (Lipinski definition) is 4. The lowest BCUT2D eigenvalue weighted by Gasteiger charge is -2.38. The van der Waals surface area contributed by atoms with Crippen molar-refractivity contribution >= 4 is 17.7 Å². The number of carboxylic acid groups (broad SMARTS) is 1. The molecule has 30 heavy (non-hydrogen) atoms. The zero-order valence-corrected chi connectivity index (χ0v) is 16.2. The first-order valence-corrected chi connectivity index (χ1v) is 8.99. The zero-order valence-electron chi connectivity index (χ0n) is 16.2. The number of ketones is 1. The normalized spacial score (nSPS) is 23.6. The fourth-order valence-corrected chi connectivity index (χ4v) is 3.40. The van der Waals surface area contributed by atoms with Crippen molar-refractivity contribution < 1.29 is 44.3 Å². The Labute approximate surface area is 171 Å². The Hall–Kier alpha value is -3.59. The number of carbonyl (C=O) groups is 3. The summed E-state index contributed by atoms with van der Waals surface area (Å²) >= 11 is 0. The third-order valence-electron chi connectivity index (χ3n) is 5.00. The number of carboxylic acids is 1. The number of aliphatic hydroxyl groups is 1. The number of aromatic hydroxyl groups is 2. The summed E-state index contributed by atoms with van der Waals surface area (Å²) in [5, 5.41) is 39.0. The number of hydrogen-bond acceptors (Lipinski definition) is 8. The van der Waals surface area contributed by atoms with Crippen LogP contribution in [-0.2, 0) is 19.1 Å². The third-order valence-corrected chi connectivity index (χ3v) is 5.00. The minimum Gasteiger partial charge on any atom is -0.508 e. The van der Waals surface area contributed by atoms with Gasteiger partial charge in [-0.25, -0.2) is 9.59 Å². The van der Waals surface area contributed by atoms with Crippen LogP contribution in [0, 0.1) is 6.92 Å². The molecule has 3 rings (SSSR count). The summed E-state index contributed by atoms with van der Waals surface area (Å²) in [7, 11) is 0. The molecule has 0 saturated carbocycles. The average molecular weight is 416 g/mol. The Morgan fingerprint density at radius 2 is 2.00 bits per heavy atom. The largest absolute Gasteiger partial charge is 0.508 e. The fraction of sp³-hybridized carbons (Fsp3) is 0.286. The molecule has 9 nitrogen and oxygen atoms in total. The molecule has 2 unspecified atom stereocenters. The number of aryl methyl sites for hydroxylation is 1. The van der Waals surface area contributed by atoms with Crippen LogP contribution in [-0.4, -0.2) is 56.5 Å². The molecular weight excluding hydrogens is 396 g/mol. The second-order valence-electron chi connectivity index (χ2n) is 7.24. The maximum absolute atomic E-state index is 12.8. The van der Waals surface area contributed by atoms with E-state index in [1.165, 1.54) is 32.1 Å². The molecule has 9 heteroatoms. The first-order chi connectivity index (χ1) is 14.0. The molecular formula is C21H20O9. The van der Waals surface area contributed by atoms with Gasteiger partial charge in [-0.1, -0.05) is 0 Å². The molecule has 0 spiro atoms. The lowest BCUT2D eigenvalue weighted by molar-refractivity contribution is -0.146. The Balaban J connectivity index is 1.90. The van der Waals surface area contributed by atoms with E-state index in [1.54, 1.807) is 0 Å². The summed E-state index contributed by atoms with van der Waals surface area (Å²) in [4.78, 5) is 36.1. The summed E-state index contributed by atoms with van der Waals surface area (Å²) in [5.74, 6) is -3.32. The lowest BCUT2D eigenvalue weighted by Crippen LogP contribution is -2.53. The van der Waals surface area contributed by atoms with E-state index in [4.69, 9.17) is 14.6 Å². The van der Waals surface area contributed by atoms with E-state index in [0.717, 1.165) is 12.1 Å². The van der Waals surface area contributed by atoms with Gasteiger partial charge in [0.1, 0.15) is 35.5 Å². The molecule has 2 atom stereocenters. The van der Waals surface area contributed by atoms with E-state index in [1.807, 2.05) is 0 Å². The van der Waals surface area contributed by atoms with E-state index < -0.39 is 35.2 Å². The average Bonchev–Trinajstić information content (AvgIpc) is 2.63. The highest BCUT2D eigenvalue weighted by atomic mass is 16.6. The molecule has 1 aromatic carbocycles. The molecule has 0 fully saturated rings. The Morgan fingerprint density at radius 3 is 2.63 bits per heavy atom. The zero-order chi connectivity index (χ0) is 22.2. The van der Waals surface area contributed by atoms with Crippen LogP contribution in [0.5, 0.6) is 11.5 Å². The van der Waals surface area contributed by atoms with Crippen LogP contribution < -0.4 is 0 Å². The van der Waals surface area contributed by atoms with Crippen LogP contribution in [0.15, 0.2) is 47.3 Å². The van der Waals surface area contributed by atoms with Gasteiger partial charge in [0.2, 0.25) is 0 Å². The Bertz CT molecular complexity index is 1000. The van der Waals surface area contributed by atoms with Crippen LogP contribution in [0.3, 0.4) is 0 Å². The third kappa shape index (κ3) is 3.92. The van der Waals surface area contributed by atoms with Crippen LogP contribution >= 0.6 is 0 Å². The Kier molecular flexibility index (Phi) is 5.41. The van der Waals surface area contributed by atoms with Gasteiger partial charge >= 0.3 is 11.9 Å². The number of phenols is 2. The molecule has 158 valence electrons. The van der Waals surface area contributed by atoms with Crippen molar-refractivity contribution in [1.29, 1.82) is 0 Å². The van der Waals surface area contributed by atoms with E-state index in [-0.39, 0.29) is 41.2 Å². The van der Waals surface area contributed by atoms with E-state index in [9.17, 15) is 29.7 Å². The van der Waals surface area contributed by atoms with Crippen molar-refractivity contribution in [3.8, 4) is 11.5 Å². The number of aliphatic carboxylic acids is 1. The maximum atomic E-state index is 12.8. The molecule has 1 aliphatic carbocycles. The van der Waals surface area contributed by atoms with Gasteiger partial charge in [-0.2, -0.15) is 0 Å². The predicted octanol–water partition coefficient (Wildman–Crippen LogP) is 1.51. The number of phenolic OH excluding ortho intramolecular Hbond substituents is 2. The van der Waals surface area contributed by atoms with Crippen LogP contribution in [0.4, 0.5) is 0 Å². The van der Waals surface area contributed by atoms with Gasteiger partial charge in [-0.05, 0) is 43.2 Å². The predicted molar refractivity (Wildman–Crippen MR) is 102 cm³/mol. The van der Waals surface area contributed by atoms with Gasteiger partial charge in [0, 0.05) is 24.1 Å². The molecule has 1 heterocycles. The molecule has 1 aromatic rings. The molecule has 1 aliphatic heterocycles. The highest BCUT2D eigenvalue weighted by Gasteiger charge is 2.48. The number of benzene rings is 1. The number of esters is 1. The minimum absolute atomic E-state index is 0.0223. The van der Waals surface area contributed by atoms with Gasteiger partial charge in [0.25, 0.3) is 0 Å². The van der Waals surface area contributed by atoms with Gasteiger partial charge < -0.3 is 29.9 Å². The summed E-state index contributed by atoms with van der Waals surface area (Å²) < 4.78 is 10.7. The monoisotopic (exact) mass is 416 g/mol. The number of carbonyl (C=O) groups excluding carboxylic acids is 2. The van der Waals surface area contributed by atoms with Crippen molar-refractivity contribution in [2.45, 2.75) is 32.0 Å². The molecule has 4 N–H and O–H groups in total. The van der Waals surface area contributed by atoms with Crippen molar-refractivity contribution in [2.75, 3.05) is 6.61 Å². The van der Waals surface area contributed by atoms with Gasteiger partial charge in [-0.3, -0.25) is 4.79 Å². The summed E-state index contributed by atoms with van der Waals surface area (Å²) in [6, 6.07) is 2.25. The standard InChI is InChI=1S/C21H20O9/c1-10-5-12(22)8-15(23)18(10)20(27)30-16-7-11-6-13(3-4-17(24)25)29-9-14(11)19(26)21(16,2)28/h3-6,8,16,22-23,28H,7,9H2,1-2H3,(H,24,25). The van der Waals surface area contributed by atoms with Crippen molar-refractivity contribution in [2.24, 2.45) is 0 Å². The number of allylic oxidation sites excluding steroid dienone is 2. The highest BCUT2D eigenvalue weighted by Crippen LogP contribution is 2.37. The quantitative estimate of drug-likeness (QED) is 0.423. The van der Waals surface area contributed by atoms with E-state index in [0.29, 0.717) is 5.57 Å². The number of rotatable bonds is 4. The molecule has 0 bridgehead atoms. The van der Waals surface area contributed by atoms with E-state index >= 15 is 0 Å². The summed E-state index contributed by atoms with van der Waals surface area (Å²) in [5.41, 5.74) is -1.30. The SMILES string of the molecule is Cc1cc(O)cc(O)c1C(=O)OC1CC2=C(COC(C=CC(=O)O)=C2)C(=O)C1(C)O.